The third-order valence-corrected chi connectivity index (χ3v) is 5.34. The van der Waals surface area contributed by atoms with Crippen LogP contribution in [0.5, 0.6) is 0 Å². The summed E-state index contributed by atoms with van der Waals surface area (Å²) in [6, 6.07) is 7.52. The number of rotatable bonds is 3. The van der Waals surface area contributed by atoms with Crippen LogP contribution in [0.15, 0.2) is 24.3 Å². The first-order chi connectivity index (χ1) is 12.2. The Labute approximate surface area is 171 Å². The van der Waals surface area contributed by atoms with Gasteiger partial charge in [0.15, 0.2) is 0 Å². The summed E-state index contributed by atoms with van der Waals surface area (Å²) in [6.45, 7) is 9.45. The summed E-state index contributed by atoms with van der Waals surface area (Å²) in [6.07, 6.45) is 0.779. The maximum absolute atomic E-state index is 13.0. The number of hydrogen-bond donors (Lipinski definition) is 1. The summed E-state index contributed by atoms with van der Waals surface area (Å²) in [7, 11) is 0. The molecule has 6 nitrogen and oxygen atoms in total. The highest BCUT2D eigenvalue weighted by molar-refractivity contribution is 6.32. The molecule has 2 heterocycles. The minimum atomic E-state index is -0.155. The van der Waals surface area contributed by atoms with E-state index < -0.39 is 0 Å². The van der Waals surface area contributed by atoms with Gasteiger partial charge in [0.05, 0.1) is 10.7 Å². The first-order valence-electron chi connectivity index (χ1n) is 8.97. The molecule has 1 saturated heterocycles. The fourth-order valence-electron chi connectivity index (χ4n) is 3.28. The van der Waals surface area contributed by atoms with Crippen LogP contribution in [-0.4, -0.2) is 44.7 Å². The number of nitrogens with zero attached hydrogens (tertiary/aromatic N) is 4. The van der Waals surface area contributed by atoms with Crippen LogP contribution < -0.4 is 5.73 Å². The Hall–Kier alpha value is -1.63. The summed E-state index contributed by atoms with van der Waals surface area (Å²) in [4.78, 5) is 19.4. The third kappa shape index (κ3) is 4.28. The maximum atomic E-state index is 13.0. The number of hydrogen-bond acceptors (Lipinski definition) is 4. The van der Waals surface area contributed by atoms with Crippen LogP contribution in [0.1, 0.15) is 56.5 Å². The molecule has 3 rings (SSSR count). The van der Waals surface area contributed by atoms with Crippen molar-refractivity contribution < 1.29 is 4.79 Å². The second-order valence-corrected chi connectivity index (χ2v) is 8.33. The lowest BCUT2D eigenvalue weighted by Gasteiger charge is -2.42. The molecular formula is C19H27Cl2N5O. The van der Waals surface area contributed by atoms with E-state index in [1.54, 1.807) is 15.6 Å². The van der Waals surface area contributed by atoms with Gasteiger partial charge in [-0.15, -0.1) is 17.5 Å². The van der Waals surface area contributed by atoms with Gasteiger partial charge in [-0.3, -0.25) is 4.79 Å². The molecule has 27 heavy (non-hydrogen) atoms. The summed E-state index contributed by atoms with van der Waals surface area (Å²) in [5.41, 5.74) is 6.79. The first kappa shape index (κ1) is 21.7. The molecule has 1 aromatic heterocycles. The van der Waals surface area contributed by atoms with Gasteiger partial charge in [0, 0.05) is 25.0 Å². The van der Waals surface area contributed by atoms with Crippen LogP contribution in [-0.2, 0) is 0 Å². The number of carbonyl (C=O) groups excluding carboxylic acids is 1. The Kier molecular flexibility index (Phi) is 6.55. The van der Waals surface area contributed by atoms with Crippen molar-refractivity contribution in [2.45, 2.75) is 46.1 Å². The van der Waals surface area contributed by atoms with Crippen LogP contribution in [0.3, 0.4) is 0 Å². The predicted molar refractivity (Wildman–Crippen MR) is 110 cm³/mol. The first-order valence-corrected chi connectivity index (χ1v) is 9.35. The van der Waals surface area contributed by atoms with Crippen LogP contribution in [0.2, 0.25) is 5.02 Å². The smallest absolute Gasteiger partial charge is 0.293 e. The van der Waals surface area contributed by atoms with E-state index in [-0.39, 0.29) is 41.5 Å². The molecule has 0 aliphatic carbocycles. The van der Waals surface area contributed by atoms with Gasteiger partial charge in [0.2, 0.25) is 5.82 Å². The van der Waals surface area contributed by atoms with Crippen molar-refractivity contribution in [2.24, 2.45) is 11.1 Å². The standard InChI is InChI=1S/C19H26ClN5O.ClH/c1-12(2)17-22-16(23-25(17)14-8-6-5-7-13(14)20)18(26)24-10-9-15(21)19(3,4)11-24;/h5-8,12,15H,9-11,21H2,1-4H3;1H. The van der Waals surface area contributed by atoms with E-state index in [9.17, 15) is 4.79 Å². The van der Waals surface area contributed by atoms with Crippen LogP contribution in [0.4, 0.5) is 0 Å². The number of aromatic nitrogens is 3. The molecule has 0 bridgehead atoms. The quantitative estimate of drug-likeness (QED) is 0.835. The SMILES string of the molecule is CC(C)c1nc(C(=O)N2CCC(N)C(C)(C)C2)nn1-c1ccccc1Cl.Cl. The fourth-order valence-corrected chi connectivity index (χ4v) is 3.49. The molecule has 1 aliphatic rings. The van der Waals surface area contributed by atoms with Crippen molar-refractivity contribution >= 4 is 29.9 Å². The lowest BCUT2D eigenvalue weighted by atomic mass is 9.79. The molecule has 1 aromatic carbocycles. The average Bonchev–Trinajstić information content (AvgIpc) is 3.02. The number of nitrogens with two attached hydrogens (primary N) is 1. The molecule has 1 fully saturated rings. The van der Waals surface area contributed by atoms with Crippen molar-refractivity contribution in [3.63, 3.8) is 0 Å². The van der Waals surface area contributed by atoms with E-state index in [1.807, 2.05) is 32.0 Å². The lowest BCUT2D eigenvalue weighted by molar-refractivity contribution is 0.0521. The number of carbonyl (C=O) groups is 1. The Balaban J connectivity index is 0.00000261. The summed E-state index contributed by atoms with van der Waals surface area (Å²) < 4.78 is 1.68. The van der Waals surface area contributed by atoms with Gasteiger partial charge < -0.3 is 10.6 Å². The van der Waals surface area contributed by atoms with Gasteiger partial charge in [-0.1, -0.05) is 51.4 Å². The second kappa shape index (κ2) is 8.17. The molecule has 1 atom stereocenters. The van der Waals surface area contributed by atoms with E-state index in [1.165, 1.54) is 0 Å². The Morgan fingerprint density at radius 1 is 1.33 bits per heavy atom. The third-order valence-electron chi connectivity index (χ3n) is 5.02. The zero-order chi connectivity index (χ0) is 19.1. The number of benzene rings is 1. The molecular weight excluding hydrogens is 385 g/mol. The second-order valence-electron chi connectivity index (χ2n) is 7.92. The number of amides is 1. The van der Waals surface area contributed by atoms with E-state index in [2.05, 4.69) is 23.9 Å². The molecule has 1 aliphatic heterocycles. The van der Waals surface area contributed by atoms with Crippen LogP contribution >= 0.6 is 24.0 Å². The van der Waals surface area contributed by atoms with Crippen molar-refractivity contribution in [1.29, 1.82) is 0 Å². The minimum absolute atomic E-state index is 0. The van der Waals surface area contributed by atoms with Crippen LogP contribution in [0.25, 0.3) is 5.69 Å². The Morgan fingerprint density at radius 3 is 2.59 bits per heavy atom. The van der Waals surface area contributed by atoms with Crippen LogP contribution in [0, 0.1) is 5.41 Å². The van der Waals surface area contributed by atoms with Gasteiger partial charge in [-0.05, 0) is 24.0 Å². The highest BCUT2D eigenvalue weighted by Gasteiger charge is 2.37. The highest BCUT2D eigenvalue weighted by atomic mass is 35.5. The topological polar surface area (TPSA) is 77.0 Å². The molecule has 1 amide bonds. The molecule has 148 valence electrons. The molecule has 0 spiro atoms. The molecule has 0 radical (unpaired) electrons. The molecule has 2 aromatic rings. The fraction of sp³-hybridized carbons (Fsp3) is 0.526. The average molecular weight is 412 g/mol. The van der Waals surface area contributed by atoms with Crippen molar-refractivity contribution in [1.82, 2.24) is 19.7 Å². The molecule has 0 saturated carbocycles. The summed E-state index contributed by atoms with van der Waals surface area (Å²) in [5, 5.41) is 5.08. The molecule has 8 heteroatoms. The number of para-hydroxylation sites is 1. The van der Waals surface area contributed by atoms with Crippen molar-refractivity contribution in [3.05, 3.63) is 40.9 Å². The van der Waals surface area contributed by atoms with E-state index >= 15 is 0 Å². The van der Waals surface area contributed by atoms with Gasteiger partial charge in [-0.2, -0.15) is 0 Å². The molecule has 2 N–H and O–H groups in total. The monoisotopic (exact) mass is 411 g/mol. The van der Waals surface area contributed by atoms with E-state index in [4.69, 9.17) is 17.3 Å². The summed E-state index contributed by atoms with van der Waals surface area (Å²) >= 11 is 6.33. The normalized spacial score (nSPS) is 19.1. The van der Waals surface area contributed by atoms with E-state index in [0.717, 1.165) is 17.9 Å². The minimum Gasteiger partial charge on any atom is -0.335 e. The Bertz CT molecular complexity index is 818. The zero-order valence-electron chi connectivity index (χ0n) is 16.1. The zero-order valence-corrected chi connectivity index (χ0v) is 17.7. The van der Waals surface area contributed by atoms with Gasteiger partial charge in [0.1, 0.15) is 5.82 Å². The number of piperidine rings is 1. The highest BCUT2D eigenvalue weighted by Crippen LogP contribution is 2.29. The maximum Gasteiger partial charge on any atom is 0.293 e. The van der Waals surface area contributed by atoms with Gasteiger partial charge in [0.25, 0.3) is 5.91 Å². The Morgan fingerprint density at radius 2 is 2.00 bits per heavy atom. The largest absolute Gasteiger partial charge is 0.335 e. The number of likely N-dealkylation sites (tertiary alicyclic amines) is 1. The lowest BCUT2D eigenvalue weighted by Crippen LogP contribution is -2.54. The van der Waals surface area contributed by atoms with Crippen molar-refractivity contribution in [3.8, 4) is 5.69 Å². The summed E-state index contributed by atoms with van der Waals surface area (Å²) in [5.74, 6) is 0.874. The molecule has 1 unspecified atom stereocenters. The van der Waals surface area contributed by atoms with Crippen molar-refractivity contribution in [2.75, 3.05) is 13.1 Å². The van der Waals surface area contributed by atoms with Gasteiger partial charge >= 0.3 is 0 Å². The van der Waals surface area contributed by atoms with Gasteiger partial charge in [-0.25, -0.2) is 9.67 Å². The predicted octanol–water partition coefficient (Wildman–Crippen LogP) is 3.67. The van der Waals surface area contributed by atoms with E-state index in [0.29, 0.717) is 18.1 Å². The number of halogens is 2.